The quantitative estimate of drug-likeness (QED) is 0.0293. The highest BCUT2D eigenvalue weighted by molar-refractivity contribution is 6.76. The Morgan fingerprint density at radius 3 is 1.20 bits per heavy atom. The van der Waals surface area contributed by atoms with E-state index in [0.717, 1.165) is 30.0 Å². The maximum absolute atomic E-state index is 13.4. The van der Waals surface area contributed by atoms with Gasteiger partial charge in [0, 0.05) is 52.9 Å². The Balaban J connectivity index is 0.000000277. The van der Waals surface area contributed by atoms with Gasteiger partial charge in [0.05, 0.1) is 29.3 Å². The summed E-state index contributed by atoms with van der Waals surface area (Å²) in [6.45, 7) is 20.7. The number of aliphatic carboxylic acids is 1. The number of methoxy groups -OCH3 is 1. The van der Waals surface area contributed by atoms with Crippen LogP contribution in [0.3, 0.4) is 0 Å². The van der Waals surface area contributed by atoms with Crippen LogP contribution in [0.5, 0.6) is 11.5 Å². The van der Waals surface area contributed by atoms with Crippen molar-refractivity contribution in [2.24, 2.45) is 10.8 Å². The fourth-order valence-electron chi connectivity index (χ4n) is 6.37. The number of hydrogen-bond donors (Lipinski definition) is 1. The summed E-state index contributed by atoms with van der Waals surface area (Å²) in [4.78, 5) is 30.6. The molecule has 0 saturated carbocycles. The molecule has 2 aromatic carbocycles. The second-order valence-corrected chi connectivity index (χ2v) is 32.6. The summed E-state index contributed by atoms with van der Waals surface area (Å²) in [6.07, 6.45) is -7.35. The van der Waals surface area contributed by atoms with Crippen LogP contribution in [-0.2, 0) is 49.6 Å². The van der Waals surface area contributed by atoms with E-state index < -0.39 is 56.7 Å². The number of hydrogen-bond acceptors (Lipinski definition) is 13. The average Bonchev–Trinajstić information content (AvgIpc) is 3.99. The van der Waals surface area contributed by atoms with Gasteiger partial charge in [-0.2, -0.15) is 26.3 Å². The van der Waals surface area contributed by atoms with Crippen LogP contribution in [0, 0.1) is 10.8 Å². The van der Waals surface area contributed by atoms with Crippen LogP contribution in [0.2, 0.25) is 51.4 Å². The lowest BCUT2D eigenvalue weighted by Gasteiger charge is -2.21. The number of rotatable bonds is 22. The fraction of sp³-hybridized carbons (Fsp3) is 0.451. The van der Waals surface area contributed by atoms with Gasteiger partial charge in [0.15, 0.2) is 23.0 Å². The van der Waals surface area contributed by atoms with Crippen LogP contribution in [0.15, 0.2) is 85.2 Å². The summed E-state index contributed by atoms with van der Waals surface area (Å²) in [5, 5.41) is 25.8. The smallest absolute Gasteiger partial charge is 0.434 e. The minimum Gasteiger partial charge on any atom is -0.492 e. The fourth-order valence-corrected chi connectivity index (χ4v) is 7.89. The molecule has 406 valence electrons. The molecule has 0 saturated heterocycles. The van der Waals surface area contributed by atoms with E-state index in [1.165, 1.54) is 16.2 Å². The van der Waals surface area contributed by atoms with Gasteiger partial charge in [0.2, 0.25) is 0 Å². The molecule has 0 unspecified atom stereocenters. The van der Waals surface area contributed by atoms with Crippen molar-refractivity contribution in [1.29, 1.82) is 0 Å². The van der Waals surface area contributed by atoms with Gasteiger partial charge in [-0.25, -0.2) is 9.97 Å². The van der Waals surface area contributed by atoms with E-state index in [9.17, 15) is 41.0 Å². The lowest BCUT2D eigenvalue weighted by molar-refractivity contribution is -0.152. The van der Waals surface area contributed by atoms with E-state index >= 15 is 0 Å². The van der Waals surface area contributed by atoms with Crippen molar-refractivity contribution in [2.45, 2.75) is 105 Å². The molecular formula is C51H64F6N8O8Si2. The molecule has 24 heteroatoms. The Labute approximate surface area is 433 Å². The van der Waals surface area contributed by atoms with Crippen molar-refractivity contribution in [1.82, 2.24) is 39.5 Å². The Kier molecular flexibility index (Phi) is 19.3. The summed E-state index contributed by atoms with van der Waals surface area (Å²) in [7, 11) is -1.35. The molecule has 0 amide bonds. The molecule has 0 spiro atoms. The minimum atomic E-state index is -4.60. The number of carbonyl (C=O) groups is 2. The highest BCUT2D eigenvalue weighted by Crippen LogP contribution is 2.33. The molecule has 0 aliphatic heterocycles. The largest absolute Gasteiger partial charge is 0.492 e. The molecule has 6 rings (SSSR count). The molecule has 0 radical (unpaired) electrons. The highest BCUT2D eigenvalue weighted by Gasteiger charge is 2.37. The summed E-state index contributed by atoms with van der Waals surface area (Å²) >= 11 is 0. The third-order valence-corrected chi connectivity index (χ3v) is 14.6. The van der Waals surface area contributed by atoms with Crippen molar-refractivity contribution < 1.29 is 64.7 Å². The molecule has 4 aromatic heterocycles. The van der Waals surface area contributed by atoms with E-state index in [4.69, 9.17) is 23.7 Å². The van der Waals surface area contributed by atoms with Gasteiger partial charge in [-0.15, -0.1) is 20.4 Å². The first kappa shape index (κ1) is 59.4. The summed E-state index contributed by atoms with van der Waals surface area (Å²) < 4.78 is 110. The lowest BCUT2D eigenvalue weighted by Crippen LogP contribution is -2.32. The maximum Gasteiger partial charge on any atom is 0.434 e. The number of nitrogens with zero attached hydrogens (tertiary/aromatic N) is 8. The third kappa shape index (κ3) is 17.8. The normalized spacial score (nSPS) is 12.5. The van der Waals surface area contributed by atoms with E-state index in [0.29, 0.717) is 41.7 Å². The van der Waals surface area contributed by atoms with E-state index in [-0.39, 0.29) is 55.7 Å². The van der Waals surface area contributed by atoms with Gasteiger partial charge in [-0.1, -0.05) is 39.3 Å². The predicted molar refractivity (Wildman–Crippen MR) is 274 cm³/mol. The van der Waals surface area contributed by atoms with Gasteiger partial charge in [0.25, 0.3) is 0 Å². The number of carboxylic acids is 1. The van der Waals surface area contributed by atoms with E-state index in [1.54, 1.807) is 100 Å². The number of carbonyl (C=O) groups excluding carboxylic acids is 1. The van der Waals surface area contributed by atoms with Crippen molar-refractivity contribution in [3.05, 3.63) is 96.6 Å². The Bertz CT molecular complexity index is 2810. The summed E-state index contributed by atoms with van der Waals surface area (Å²) in [5.74, 6) is -0.221. The zero-order valence-corrected chi connectivity index (χ0v) is 45.9. The van der Waals surface area contributed by atoms with E-state index in [1.807, 2.05) is 0 Å². The summed E-state index contributed by atoms with van der Waals surface area (Å²) in [5.41, 5.74) is -1.02. The number of alkyl halides is 6. The van der Waals surface area contributed by atoms with Crippen LogP contribution in [0.25, 0.3) is 45.6 Å². The van der Waals surface area contributed by atoms with Crippen molar-refractivity contribution in [2.75, 3.05) is 33.5 Å². The Morgan fingerprint density at radius 2 is 0.893 bits per heavy atom. The zero-order valence-electron chi connectivity index (χ0n) is 43.9. The number of esters is 1. The van der Waals surface area contributed by atoms with Crippen molar-refractivity contribution >= 4 is 28.1 Å². The molecular weight excluding hydrogens is 1020 g/mol. The standard InChI is InChI=1S/C26H33F3N4O4Si.C25H31F3N4O4Si/c1-25(2,24(34)35-3)16-37-19-9-7-18(8-10-19)20-11-12-21(32-31-20)23-30-22(26(27,28)29)15-33(23)17-36-13-14-38(4,5)6;1-24(2,23(33)34)15-36-18-8-6-17(7-9-18)19-10-11-20(31-30-19)22-29-21(25(26,27)28)14-32(22)16-35-12-13-37(3,4)5/h7-12,15H,13-14,16-17H2,1-6H3;6-11,14H,12-13,15-16H2,1-5H3,(H,33,34). The molecule has 0 bridgehead atoms. The number of imidazole rings is 2. The predicted octanol–water partition coefficient (Wildman–Crippen LogP) is 11.7. The van der Waals surface area contributed by atoms with Gasteiger partial charge < -0.3 is 37.9 Å². The monoisotopic (exact) mass is 1090 g/mol. The molecule has 0 atom stereocenters. The lowest BCUT2D eigenvalue weighted by atomic mass is 9.95. The van der Waals surface area contributed by atoms with Crippen molar-refractivity contribution in [3.63, 3.8) is 0 Å². The number of halogens is 6. The molecule has 0 fully saturated rings. The first-order valence-electron chi connectivity index (χ1n) is 23.8. The van der Waals surface area contributed by atoms with Gasteiger partial charge >= 0.3 is 24.3 Å². The number of ether oxygens (including phenoxy) is 5. The van der Waals surface area contributed by atoms with Gasteiger partial charge in [-0.3, -0.25) is 9.59 Å². The highest BCUT2D eigenvalue weighted by atomic mass is 28.3. The first-order valence-corrected chi connectivity index (χ1v) is 31.2. The number of aromatic nitrogens is 8. The zero-order chi connectivity index (χ0) is 55.6. The van der Waals surface area contributed by atoms with Crippen LogP contribution in [0.1, 0.15) is 39.1 Å². The van der Waals surface area contributed by atoms with Crippen LogP contribution in [0.4, 0.5) is 26.3 Å². The molecule has 6 aromatic rings. The minimum absolute atomic E-state index is 0.00456. The number of benzene rings is 2. The van der Waals surface area contributed by atoms with Crippen LogP contribution >= 0.6 is 0 Å². The number of carboxylic acid groups (broad SMARTS) is 1. The van der Waals surface area contributed by atoms with Crippen LogP contribution < -0.4 is 9.47 Å². The summed E-state index contributed by atoms with van der Waals surface area (Å²) in [6, 6.07) is 22.1. The second-order valence-electron chi connectivity index (χ2n) is 21.3. The Hall–Kier alpha value is -6.51. The van der Waals surface area contributed by atoms with Crippen molar-refractivity contribution in [3.8, 4) is 57.1 Å². The van der Waals surface area contributed by atoms with Gasteiger partial charge in [0.1, 0.15) is 49.6 Å². The first-order chi connectivity index (χ1) is 34.8. The molecule has 0 aliphatic carbocycles. The van der Waals surface area contributed by atoms with Crippen LogP contribution in [-0.4, -0.2) is 106 Å². The third-order valence-electron chi connectivity index (χ3n) is 11.2. The van der Waals surface area contributed by atoms with Gasteiger partial charge in [-0.05, 0) is 113 Å². The Morgan fingerprint density at radius 1 is 0.547 bits per heavy atom. The molecule has 16 nitrogen and oxygen atoms in total. The molecule has 75 heavy (non-hydrogen) atoms. The maximum atomic E-state index is 13.4. The average molecular weight is 1090 g/mol. The topological polar surface area (TPSA) is 188 Å². The molecule has 1 N–H and O–H groups in total. The van der Waals surface area contributed by atoms with E-state index in [2.05, 4.69) is 69.6 Å². The SMILES string of the molecule is CC(C)(COc1ccc(-c2ccc(-c3nc(C(F)(F)F)cn3COCC[Si](C)(C)C)nn2)cc1)C(=O)O.COC(=O)C(C)(C)COc1ccc(-c2ccc(-c3nc(C(F)(F)F)cn3COCC[Si](C)(C)C)nn2)cc1. The molecule has 0 aliphatic rings. The molecule has 4 heterocycles. The second kappa shape index (κ2) is 24.4.